The Hall–Kier alpha value is -3.01. The highest BCUT2D eigenvalue weighted by atomic mass is 32.2. The van der Waals surface area contributed by atoms with Gasteiger partial charge in [0.25, 0.3) is 5.91 Å². The molecule has 1 aromatic carbocycles. The second kappa shape index (κ2) is 13.9. The molecule has 9 nitrogen and oxygen atoms in total. The largest absolute Gasteiger partial charge is 0.497 e. The molecule has 0 fully saturated rings. The molecule has 0 saturated carbocycles. The second-order valence-corrected chi connectivity index (χ2v) is 12.0. The molecule has 39 heavy (non-hydrogen) atoms. The van der Waals surface area contributed by atoms with Gasteiger partial charge in [-0.1, -0.05) is 11.8 Å². The summed E-state index contributed by atoms with van der Waals surface area (Å²) in [4.78, 5) is 27.1. The fraction of sp³-hybridized carbons (Fsp3) is 0.444. The van der Waals surface area contributed by atoms with Crippen LogP contribution in [0.15, 0.2) is 29.4 Å². The molecule has 206 valence electrons. The molecule has 2 heterocycles. The second-order valence-electron chi connectivity index (χ2n) is 8.98. The maximum absolute atomic E-state index is 13.0. The van der Waals surface area contributed by atoms with E-state index in [4.69, 9.17) is 4.74 Å². The number of aryl methyl sites for hydroxylation is 1. The van der Waals surface area contributed by atoms with Crippen LogP contribution in [0, 0.1) is 11.3 Å². The predicted molar refractivity (Wildman–Crippen MR) is 157 cm³/mol. The summed E-state index contributed by atoms with van der Waals surface area (Å²) >= 11 is 4.51. The first-order valence-electron chi connectivity index (χ1n) is 12.8. The fourth-order valence-electron chi connectivity index (χ4n) is 4.51. The van der Waals surface area contributed by atoms with Crippen LogP contribution in [0.3, 0.4) is 0 Å². The van der Waals surface area contributed by atoms with Gasteiger partial charge in [-0.15, -0.1) is 21.5 Å². The summed E-state index contributed by atoms with van der Waals surface area (Å²) in [5.41, 5.74) is 2.24. The molecular formula is C27H32N6O3S3. The molecule has 2 N–H and O–H groups in total. The summed E-state index contributed by atoms with van der Waals surface area (Å²) in [6.45, 7) is 2.58. The number of anilines is 1. The molecule has 2 aromatic heterocycles. The van der Waals surface area contributed by atoms with E-state index in [0.717, 1.165) is 37.0 Å². The van der Waals surface area contributed by atoms with Gasteiger partial charge in [0.15, 0.2) is 11.0 Å². The number of amides is 2. The highest BCUT2D eigenvalue weighted by Gasteiger charge is 2.25. The van der Waals surface area contributed by atoms with Crippen LogP contribution in [0.2, 0.25) is 0 Å². The normalized spacial score (nSPS) is 13.3. The topological polar surface area (TPSA) is 122 Å². The first kappa shape index (κ1) is 29.0. The van der Waals surface area contributed by atoms with Crippen LogP contribution in [0.4, 0.5) is 5.00 Å². The van der Waals surface area contributed by atoms with Gasteiger partial charge in [0.2, 0.25) is 5.91 Å². The van der Waals surface area contributed by atoms with Crippen molar-refractivity contribution in [2.24, 2.45) is 0 Å². The summed E-state index contributed by atoms with van der Waals surface area (Å²) in [7, 11) is 1.59. The van der Waals surface area contributed by atoms with E-state index in [2.05, 4.69) is 26.9 Å². The third-order valence-corrected chi connectivity index (χ3v) is 9.33. The molecule has 2 amide bonds. The molecule has 0 bridgehead atoms. The van der Waals surface area contributed by atoms with Crippen molar-refractivity contribution in [3.63, 3.8) is 0 Å². The van der Waals surface area contributed by atoms with Crippen molar-refractivity contribution in [1.82, 2.24) is 20.1 Å². The Balaban J connectivity index is 1.44. The van der Waals surface area contributed by atoms with Gasteiger partial charge in [0.05, 0.1) is 24.5 Å². The first-order valence-corrected chi connectivity index (χ1v) is 16.0. The van der Waals surface area contributed by atoms with Crippen LogP contribution in [0.1, 0.15) is 64.4 Å². The van der Waals surface area contributed by atoms with Crippen molar-refractivity contribution < 1.29 is 14.3 Å². The molecule has 1 aliphatic carbocycles. The van der Waals surface area contributed by atoms with Crippen molar-refractivity contribution >= 4 is 51.7 Å². The fourth-order valence-corrected chi connectivity index (χ4v) is 7.05. The van der Waals surface area contributed by atoms with Gasteiger partial charge in [0.1, 0.15) is 16.8 Å². The monoisotopic (exact) mass is 584 g/mol. The number of hydrogen-bond acceptors (Lipinski definition) is 9. The number of carbonyl (C=O) groups is 2. The average molecular weight is 585 g/mol. The van der Waals surface area contributed by atoms with Crippen molar-refractivity contribution in [1.29, 1.82) is 5.26 Å². The standard InChI is InChI=1S/C27H32N6O3S3/c1-4-33-24(21(13-14-37-3)29-25(35)17-9-11-18(36-2)12-10-17)31-32-27(33)38-16-23(34)30-26-20(15-28)19-7-5-6-8-22(19)39-26/h9-12,21H,4-8,13-14,16H2,1-3H3,(H,29,35)(H,30,34)/t21-/m1/s1. The molecule has 3 aromatic rings. The Bertz CT molecular complexity index is 1350. The van der Waals surface area contributed by atoms with E-state index in [-0.39, 0.29) is 23.6 Å². The van der Waals surface area contributed by atoms with Crippen LogP contribution in [-0.4, -0.2) is 51.5 Å². The number of benzene rings is 1. The molecule has 0 radical (unpaired) electrons. The van der Waals surface area contributed by atoms with E-state index < -0.39 is 0 Å². The number of fused-ring (bicyclic) bond motifs is 1. The summed E-state index contributed by atoms with van der Waals surface area (Å²) in [6, 6.07) is 8.92. The molecule has 1 atom stereocenters. The van der Waals surface area contributed by atoms with Crippen molar-refractivity contribution in [2.75, 3.05) is 30.2 Å². The Morgan fingerprint density at radius 2 is 2.00 bits per heavy atom. The van der Waals surface area contributed by atoms with Gasteiger partial charge in [-0.05, 0) is 80.9 Å². The summed E-state index contributed by atoms with van der Waals surface area (Å²) in [6.07, 6.45) is 6.77. The molecule has 0 aliphatic heterocycles. The Morgan fingerprint density at radius 3 is 2.69 bits per heavy atom. The molecule has 4 rings (SSSR count). The molecule has 0 saturated heterocycles. The summed E-state index contributed by atoms with van der Waals surface area (Å²) < 4.78 is 7.13. The quantitative estimate of drug-likeness (QED) is 0.283. The SMILES string of the molecule is CCn1c(SCC(=O)Nc2sc3c(c2C#N)CCCC3)nnc1[C@@H](CCSC)NC(=O)c1ccc(OC)cc1. The van der Waals surface area contributed by atoms with Crippen molar-refractivity contribution in [3.05, 3.63) is 51.7 Å². The average Bonchev–Trinajstić information content (AvgIpc) is 3.54. The van der Waals surface area contributed by atoms with Gasteiger partial charge < -0.3 is 19.9 Å². The van der Waals surface area contributed by atoms with E-state index in [0.29, 0.717) is 45.8 Å². The van der Waals surface area contributed by atoms with Crippen LogP contribution >= 0.6 is 34.9 Å². The zero-order chi connectivity index (χ0) is 27.8. The van der Waals surface area contributed by atoms with E-state index in [1.54, 1.807) is 43.1 Å². The number of thiophene rings is 1. The van der Waals surface area contributed by atoms with Crippen LogP contribution in [0.25, 0.3) is 0 Å². The maximum Gasteiger partial charge on any atom is 0.251 e. The van der Waals surface area contributed by atoms with Gasteiger partial charge in [-0.2, -0.15) is 17.0 Å². The lowest BCUT2D eigenvalue weighted by atomic mass is 9.96. The Morgan fingerprint density at radius 1 is 1.23 bits per heavy atom. The predicted octanol–water partition coefficient (Wildman–Crippen LogP) is 5.07. The molecule has 0 unspecified atom stereocenters. The van der Waals surface area contributed by atoms with Crippen LogP contribution in [0.5, 0.6) is 5.75 Å². The molecule has 12 heteroatoms. The number of ether oxygens (including phenoxy) is 1. The lowest BCUT2D eigenvalue weighted by Gasteiger charge is -2.19. The smallest absolute Gasteiger partial charge is 0.251 e. The van der Waals surface area contributed by atoms with Crippen LogP contribution < -0.4 is 15.4 Å². The lowest BCUT2D eigenvalue weighted by molar-refractivity contribution is -0.113. The number of nitriles is 1. The Kier molecular flexibility index (Phi) is 10.3. The maximum atomic E-state index is 13.0. The third-order valence-electron chi connectivity index (χ3n) is 6.51. The highest BCUT2D eigenvalue weighted by molar-refractivity contribution is 7.99. The minimum atomic E-state index is -0.335. The van der Waals surface area contributed by atoms with Gasteiger partial charge in [0, 0.05) is 17.0 Å². The van der Waals surface area contributed by atoms with E-state index in [1.165, 1.54) is 28.0 Å². The summed E-state index contributed by atoms with van der Waals surface area (Å²) in [5.74, 6) is 1.93. The molecular weight excluding hydrogens is 553 g/mol. The zero-order valence-corrected chi connectivity index (χ0v) is 24.7. The number of nitrogens with one attached hydrogen (secondary N) is 2. The van der Waals surface area contributed by atoms with Gasteiger partial charge >= 0.3 is 0 Å². The van der Waals surface area contributed by atoms with Crippen molar-refractivity contribution in [2.45, 2.75) is 56.8 Å². The summed E-state index contributed by atoms with van der Waals surface area (Å²) in [5, 5.41) is 25.8. The van der Waals surface area contributed by atoms with E-state index in [9.17, 15) is 14.9 Å². The Labute approximate surface area is 241 Å². The third kappa shape index (κ3) is 6.96. The van der Waals surface area contributed by atoms with E-state index in [1.807, 2.05) is 17.7 Å². The number of thioether (sulfide) groups is 2. The zero-order valence-electron chi connectivity index (χ0n) is 22.3. The number of methoxy groups -OCH3 is 1. The number of carbonyl (C=O) groups excluding carboxylic acids is 2. The lowest BCUT2D eigenvalue weighted by Crippen LogP contribution is -2.31. The van der Waals surface area contributed by atoms with Crippen molar-refractivity contribution in [3.8, 4) is 11.8 Å². The molecule has 0 spiro atoms. The van der Waals surface area contributed by atoms with Crippen LogP contribution in [-0.2, 0) is 24.2 Å². The van der Waals surface area contributed by atoms with Gasteiger partial charge in [-0.25, -0.2) is 0 Å². The number of hydrogen-bond donors (Lipinski definition) is 2. The number of rotatable bonds is 12. The van der Waals surface area contributed by atoms with E-state index >= 15 is 0 Å². The first-order chi connectivity index (χ1) is 19.0. The highest BCUT2D eigenvalue weighted by Crippen LogP contribution is 2.37. The molecule has 1 aliphatic rings. The number of aromatic nitrogens is 3. The minimum Gasteiger partial charge on any atom is -0.497 e. The van der Waals surface area contributed by atoms with Gasteiger partial charge in [-0.3, -0.25) is 9.59 Å². The minimum absolute atomic E-state index is 0.138. The number of nitrogens with zero attached hydrogens (tertiary/aromatic N) is 4.